The Kier molecular flexibility index (Phi) is 3.62. The molecular formula is C16H10N6O4. The molecule has 0 aliphatic heterocycles. The van der Waals surface area contributed by atoms with Crippen molar-refractivity contribution < 1.29 is 14.1 Å². The Morgan fingerprint density at radius 2 is 2.08 bits per heavy atom. The Bertz CT molecular complexity index is 1130. The normalized spacial score (nSPS) is 10.8. The summed E-state index contributed by atoms with van der Waals surface area (Å²) in [5, 5.41) is 25.3. The molecule has 0 bridgehead atoms. The van der Waals surface area contributed by atoms with Crippen LogP contribution < -0.4 is 5.32 Å². The van der Waals surface area contributed by atoms with E-state index in [1.165, 1.54) is 12.4 Å². The molecular weight excluding hydrogens is 340 g/mol. The van der Waals surface area contributed by atoms with E-state index in [2.05, 4.69) is 20.6 Å². The lowest BCUT2D eigenvalue weighted by Gasteiger charge is -2.06. The van der Waals surface area contributed by atoms with Gasteiger partial charge in [0.1, 0.15) is 11.3 Å². The quantitative estimate of drug-likeness (QED) is 0.442. The summed E-state index contributed by atoms with van der Waals surface area (Å²) in [6.07, 6.45) is 1.49. The van der Waals surface area contributed by atoms with Crippen LogP contribution in [0.2, 0.25) is 0 Å². The maximum atomic E-state index is 12.2. The Hall–Kier alpha value is -4.08. The van der Waals surface area contributed by atoms with Crippen molar-refractivity contribution in [1.29, 1.82) is 0 Å². The smallest absolute Gasteiger partial charge is 0.395 e. The van der Waals surface area contributed by atoms with Crippen molar-refractivity contribution >= 4 is 23.1 Å². The Labute approximate surface area is 145 Å². The van der Waals surface area contributed by atoms with E-state index >= 15 is 0 Å². The third-order valence-corrected chi connectivity index (χ3v) is 3.57. The SMILES string of the molecule is O=C(Nc1cccc(-c2ccc3nncn3n2)c1)c1ccc([N+](=O)[O-])o1. The maximum absolute atomic E-state index is 12.2. The second kappa shape index (κ2) is 6.09. The third-order valence-electron chi connectivity index (χ3n) is 3.57. The van der Waals surface area contributed by atoms with E-state index in [0.29, 0.717) is 17.0 Å². The number of anilines is 1. The number of benzene rings is 1. The Morgan fingerprint density at radius 1 is 1.19 bits per heavy atom. The van der Waals surface area contributed by atoms with Gasteiger partial charge in [0.05, 0.1) is 11.8 Å². The average Bonchev–Trinajstić information content (AvgIpc) is 3.31. The Morgan fingerprint density at radius 3 is 2.88 bits per heavy atom. The molecule has 0 unspecified atom stereocenters. The van der Waals surface area contributed by atoms with Gasteiger partial charge in [-0.05, 0) is 30.3 Å². The van der Waals surface area contributed by atoms with Crippen molar-refractivity contribution in [2.75, 3.05) is 5.32 Å². The number of carbonyl (C=O) groups excluding carboxylic acids is 1. The number of nitrogens with zero attached hydrogens (tertiary/aromatic N) is 5. The zero-order valence-corrected chi connectivity index (χ0v) is 13.1. The third kappa shape index (κ3) is 2.86. The molecule has 0 aliphatic rings. The van der Waals surface area contributed by atoms with Crippen LogP contribution in [0, 0.1) is 10.1 Å². The van der Waals surface area contributed by atoms with Gasteiger partial charge in [-0.2, -0.15) is 9.61 Å². The molecule has 0 radical (unpaired) electrons. The molecule has 0 atom stereocenters. The molecule has 0 fully saturated rings. The van der Waals surface area contributed by atoms with Crippen molar-refractivity contribution in [2.24, 2.45) is 0 Å². The van der Waals surface area contributed by atoms with Gasteiger partial charge < -0.3 is 9.73 Å². The fraction of sp³-hybridized carbons (Fsp3) is 0. The highest BCUT2D eigenvalue weighted by molar-refractivity contribution is 6.02. The van der Waals surface area contributed by atoms with Crippen molar-refractivity contribution in [3.63, 3.8) is 0 Å². The second-order valence-electron chi connectivity index (χ2n) is 5.28. The van der Waals surface area contributed by atoms with Gasteiger partial charge in [-0.1, -0.05) is 12.1 Å². The maximum Gasteiger partial charge on any atom is 0.433 e. The topological polar surface area (TPSA) is 128 Å². The van der Waals surface area contributed by atoms with E-state index in [-0.39, 0.29) is 5.76 Å². The zero-order valence-electron chi connectivity index (χ0n) is 13.1. The summed E-state index contributed by atoms with van der Waals surface area (Å²) in [7, 11) is 0. The first-order valence-electron chi connectivity index (χ1n) is 7.43. The van der Waals surface area contributed by atoms with Gasteiger partial charge in [0.15, 0.2) is 11.4 Å². The van der Waals surface area contributed by atoms with Gasteiger partial charge in [0.25, 0.3) is 5.91 Å². The fourth-order valence-electron chi connectivity index (χ4n) is 2.38. The van der Waals surface area contributed by atoms with Crippen molar-refractivity contribution in [3.8, 4) is 11.3 Å². The van der Waals surface area contributed by atoms with Crippen LogP contribution in [0.1, 0.15) is 10.6 Å². The molecule has 1 aromatic carbocycles. The predicted octanol–water partition coefficient (Wildman–Crippen LogP) is 2.54. The van der Waals surface area contributed by atoms with Crippen molar-refractivity contribution in [1.82, 2.24) is 19.8 Å². The fourth-order valence-corrected chi connectivity index (χ4v) is 2.38. The van der Waals surface area contributed by atoms with Crippen molar-refractivity contribution in [2.45, 2.75) is 0 Å². The number of carbonyl (C=O) groups is 1. The number of fused-ring (bicyclic) bond motifs is 1. The van der Waals surface area contributed by atoms with E-state index in [0.717, 1.165) is 11.6 Å². The lowest BCUT2D eigenvalue weighted by atomic mass is 10.1. The lowest BCUT2D eigenvalue weighted by Crippen LogP contribution is -2.10. The summed E-state index contributed by atoms with van der Waals surface area (Å²) < 4.78 is 6.44. The molecule has 26 heavy (non-hydrogen) atoms. The van der Waals surface area contributed by atoms with E-state index in [4.69, 9.17) is 4.42 Å². The summed E-state index contributed by atoms with van der Waals surface area (Å²) in [4.78, 5) is 22.1. The number of nitrogens with one attached hydrogen (secondary N) is 1. The number of aromatic nitrogens is 4. The predicted molar refractivity (Wildman–Crippen MR) is 89.5 cm³/mol. The number of hydrogen-bond donors (Lipinski definition) is 1. The molecule has 128 valence electrons. The summed E-state index contributed by atoms with van der Waals surface area (Å²) in [5.74, 6) is -1.22. The highest BCUT2D eigenvalue weighted by Gasteiger charge is 2.17. The minimum Gasteiger partial charge on any atom is -0.395 e. The van der Waals surface area contributed by atoms with E-state index in [1.54, 1.807) is 34.8 Å². The molecule has 0 spiro atoms. The van der Waals surface area contributed by atoms with Crippen LogP contribution in [0.15, 0.2) is 59.3 Å². The molecule has 10 nitrogen and oxygen atoms in total. The molecule has 1 amide bonds. The number of hydrogen-bond acceptors (Lipinski definition) is 7. The summed E-state index contributed by atoms with van der Waals surface area (Å²) in [6.45, 7) is 0. The standard InChI is InChI=1S/C16H10N6O4/c23-16(13-5-7-15(26-13)22(24)25)18-11-3-1-2-10(8-11)12-4-6-14-19-17-9-21(14)20-12/h1-9H,(H,18,23). The van der Waals surface area contributed by atoms with Gasteiger partial charge in [-0.25, -0.2) is 0 Å². The van der Waals surface area contributed by atoms with Crippen LogP contribution in [0.25, 0.3) is 16.9 Å². The molecule has 0 saturated carbocycles. The minimum atomic E-state index is -0.704. The first-order chi connectivity index (χ1) is 12.6. The summed E-state index contributed by atoms with van der Waals surface area (Å²) >= 11 is 0. The van der Waals surface area contributed by atoms with Crippen LogP contribution >= 0.6 is 0 Å². The highest BCUT2D eigenvalue weighted by atomic mass is 16.6. The molecule has 1 N–H and O–H groups in total. The van der Waals surface area contributed by atoms with Crippen LogP contribution in [-0.2, 0) is 0 Å². The van der Waals surface area contributed by atoms with Gasteiger partial charge in [0.2, 0.25) is 0 Å². The van der Waals surface area contributed by atoms with Crippen molar-refractivity contribution in [3.05, 3.63) is 70.7 Å². The van der Waals surface area contributed by atoms with Crippen LogP contribution in [0.5, 0.6) is 0 Å². The minimum absolute atomic E-state index is 0.147. The highest BCUT2D eigenvalue weighted by Crippen LogP contribution is 2.22. The van der Waals surface area contributed by atoms with Crippen LogP contribution in [0.3, 0.4) is 0 Å². The van der Waals surface area contributed by atoms with Crippen LogP contribution in [0.4, 0.5) is 11.6 Å². The number of rotatable bonds is 4. The molecule has 3 aromatic heterocycles. The van der Waals surface area contributed by atoms with E-state index < -0.39 is 16.7 Å². The molecule has 4 rings (SSSR count). The first kappa shape index (κ1) is 15.4. The van der Waals surface area contributed by atoms with E-state index in [9.17, 15) is 14.9 Å². The molecule has 0 saturated heterocycles. The number of furan rings is 1. The first-order valence-corrected chi connectivity index (χ1v) is 7.43. The zero-order chi connectivity index (χ0) is 18.1. The van der Waals surface area contributed by atoms with Gasteiger partial charge in [0, 0.05) is 11.3 Å². The van der Waals surface area contributed by atoms with E-state index in [1.807, 2.05) is 6.07 Å². The summed E-state index contributed by atoms with van der Waals surface area (Å²) in [6, 6.07) is 13.0. The lowest BCUT2D eigenvalue weighted by molar-refractivity contribution is -0.402. The average molecular weight is 350 g/mol. The monoisotopic (exact) mass is 350 g/mol. The largest absolute Gasteiger partial charge is 0.433 e. The summed E-state index contributed by atoms with van der Waals surface area (Å²) in [5.41, 5.74) is 2.56. The van der Waals surface area contributed by atoms with Gasteiger partial charge >= 0.3 is 5.88 Å². The molecule has 10 heteroatoms. The number of amides is 1. The van der Waals surface area contributed by atoms with Gasteiger partial charge in [-0.15, -0.1) is 10.2 Å². The molecule has 0 aliphatic carbocycles. The van der Waals surface area contributed by atoms with Gasteiger partial charge in [-0.3, -0.25) is 14.9 Å². The second-order valence-corrected chi connectivity index (χ2v) is 5.28. The Balaban J connectivity index is 1.58. The number of nitro groups is 1. The molecule has 4 aromatic rings. The van der Waals surface area contributed by atoms with Crippen LogP contribution in [-0.4, -0.2) is 30.6 Å². The molecule has 3 heterocycles.